The van der Waals surface area contributed by atoms with E-state index in [2.05, 4.69) is 4.98 Å². The molecule has 2 N–H and O–H groups in total. The van der Waals surface area contributed by atoms with Crippen molar-refractivity contribution >= 4 is 17.9 Å². The Labute approximate surface area is 117 Å². The molecule has 2 rings (SSSR count). The number of esters is 1. The maximum absolute atomic E-state index is 11.6. The molecule has 4 heteroatoms. The van der Waals surface area contributed by atoms with Gasteiger partial charge in [-0.05, 0) is 35.8 Å². The Bertz CT molecular complexity index is 622. The second-order valence-electron chi connectivity index (χ2n) is 4.40. The Balaban J connectivity index is 1.90. The van der Waals surface area contributed by atoms with Gasteiger partial charge < -0.3 is 10.5 Å². The summed E-state index contributed by atoms with van der Waals surface area (Å²) in [5, 5.41) is 0. The highest BCUT2D eigenvalue weighted by Crippen LogP contribution is 2.10. The van der Waals surface area contributed by atoms with Gasteiger partial charge in [-0.1, -0.05) is 30.3 Å². The fourth-order valence-corrected chi connectivity index (χ4v) is 1.64. The van der Waals surface area contributed by atoms with E-state index in [0.717, 1.165) is 16.7 Å². The zero-order valence-electron chi connectivity index (χ0n) is 11.2. The maximum atomic E-state index is 11.6. The third kappa shape index (κ3) is 3.95. The number of anilines is 1. The number of hydrogen-bond acceptors (Lipinski definition) is 4. The second-order valence-corrected chi connectivity index (χ2v) is 4.40. The van der Waals surface area contributed by atoms with Crippen LogP contribution < -0.4 is 5.73 Å². The number of aromatic nitrogens is 1. The molecule has 0 fully saturated rings. The molecule has 0 spiro atoms. The van der Waals surface area contributed by atoms with Crippen molar-refractivity contribution in [2.45, 2.75) is 13.5 Å². The van der Waals surface area contributed by atoms with E-state index in [0.29, 0.717) is 5.82 Å². The molecule has 0 unspecified atom stereocenters. The van der Waals surface area contributed by atoms with Gasteiger partial charge >= 0.3 is 5.97 Å². The SMILES string of the molecule is Cc1cc(/C=C/C(=O)OCc2ccccc2)cnc1N. The topological polar surface area (TPSA) is 65.2 Å². The fraction of sp³-hybridized carbons (Fsp3) is 0.125. The summed E-state index contributed by atoms with van der Waals surface area (Å²) in [6.07, 6.45) is 4.66. The highest BCUT2D eigenvalue weighted by molar-refractivity contribution is 5.87. The van der Waals surface area contributed by atoms with Gasteiger partial charge in [-0.15, -0.1) is 0 Å². The van der Waals surface area contributed by atoms with Gasteiger partial charge in [0.1, 0.15) is 12.4 Å². The summed E-state index contributed by atoms with van der Waals surface area (Å²) in [7, 11) is 0. The van der Waals surface area contributed by atoms with E-state index in [-0.39, 0.29) is 12.6 Å². The van der Waals surface area contributed by atoms with E-state index in [1.54, 1.807) is 12.3 Å². The molecule has 20 heavy (non-hydrogen) atoms. The maximum Gasteiger partial charge on any atom is 0.331 e. The molecule has 0 saturated carbocycles. The van der Waals surface area contributed by atoms with Crippen molar-refractivity contribution < 1.29 is 9.53 Å². The number of nitrogens with two attached hydrogens (primary N) is 1. The van der Waals surface area contributed by atoms with E-state index >= 15 is 0 Å². The van der Waals surface area contributed by atoms with Crippen LogP contribution in [0.15, 0.2) is 48.7 Å². The molecule has 102 valence electrons. The minimum absolute atomic E-state index is 0.267. The van der Waals surface area contributed by atoms with E-state index in [9.17, 15) is 4.79 Å². The molecule has 0 radical (unpaired) electrons. The smallest absolute Gasteiger partial charge is 0.331 e. The average molecular weight is 268 g/mol. The van der Waals surface area contributed by atoms with Gasteiger partial charge in [0.15, 0.2) is 0 Å². The number of rotatable bonds is 4. The van der Waals surface area contributed by atoms with Crippen LogP contribution in [-0.4, -0.2) is 11.0 Å². The van der Waals surface area contributed by atoms with Crippen LogP contribution in [0.5, 0.6) is 0 Å². The quantitative estimate of drug-likeness (QED) is 0.684. The van der Waals surface area contributed by atoms with Crippen molar-refractivity contribution in [3.05, 3.63) is 65.4 Å². The molecular weight excluding hydrogens is 252 g/mol. The lowest BCUT2D eigenvalue weighted by Crippen LogP contribution is -2.00. The molecule has 0 amide bonds. The lowest BCUT2D eigenvalue weighted by molar-refractivity contribution is -0.138. The Hall–Kier alpha value is -2.62. The van der Waals surface area contributed by atoms with Crippen molar-refractivity contribution in [1.29, 1.82) is 0 Å². The first-order valence-electron chi connectivity index (χ1n) is 6.26. The number of nitrogens with zero attached hydrogens (tertiary/aromatic N) is 1. The zero-order valence-corrected chi connectivity index (χ0v) is 11.2. The molecule has 1 heterocycles. The number of carbonyl (C=O) groups excluding carboxylic acids is 1. The number of carbonyl (C=O) groups is 1. The monoisotopic (exact) mass is 268 g/mol. The average Bonchev–Trinajstić information content (AvgIpc) is 2.47. The third-order valence-electron chi connectivity index (χ3n) is 2.78. The number of aryl methyl sites for hydroxylation is 1. The van der Waals surface area contributed by atoms with Crippen LogP contribution in [0.4, 0.5) is 5.82 Å². The summed E-state index contributed by atoms with van der Waals surface area (Å²) in [4.78, 5) is 15.6. The second kappa shape index (κ2) is 6.52. The van der Waals surface area contributed by atoms with Crippen molar-refractivity contribution in [3.8, 4) is 0 Å². The Kier molecular flexibility index (Phi) is 4.50. The van der Waals surface area contributed by atoms with Gasteiger partial charge in [0, 0.05) is 12.3 Å². The van der Waals surface area contributed by atoms with Crippen LogP contribution in [0.1, 0.15) is 16.7 Å². The fourth-order valence-electron chi connectivity index (χ4n) is 1.64. The van der Waals surface area contributed by atoms with Crippen LogP contribution >= 0.6 is 0 Å². The predicted octanol–water partition coefficient (Wildman–Crippen LogP) is 2.73. The summed E-state index contributed by atoms with van der Waals surface area (Å²) < 4.78 is 5.13. The van der Waals surface area contributed by atoms with Crippen LogP contribution in [0, 0.1) is 6.92 Å². The number of benzene rings is 1. The van der Waals surface area contributed by atoms with Gasteiger partial charge in [0.05, 0.1) is 0 Å². The first kappa shape index (κ1) is 13.8. The van der Waals surface area contributed by atoms with Gasteiger partial charge in [-0.2, -0.15) is 0 Å². The number of ether oxygens (including phenoxy) is 1. The van der Waals surface area contributed by atoms with Crippen LogP contribution in [-0.2, 0) is 16.1 Å². The molecule has 4 nitrogen and oxygen atoms in total. The molecule has 2 aromatic rings. The number of hydrogen-bond donors (Lipinski definition) is 1. The largest absolute Gasteiger partial charge is 0.458 e. The first-order valence-corrected chi connectivity index (χ1v) is 6.26. The molecular formula is C16H16N2O2. The van der Waals surface area contributed by atoms with E-state index in [1.807, 2.05) is 43.3 Å². The zero-order chi connectivity index (χ0) is 14.4. The predicted molar refractivity (Wildman–Crippen MR) is 78.7 cm³/mol. The van der Waals surface area contributed by atoms with Crippen molar-refractivity contribution in [2.24, 2.45) is 0 Å². The minimum Gasteiger partial charge on any atom is -0.458 e. The Morgan fingerprint density at radius 3 is 2.80 bits per heavy atom. The molecule has 0 aliphatic carbocycles. The van der Waals surface area contributed by atoms with Crippen LogP contribution in [0.2, 0.25) is 0 Å². The summed E-state index contributed by atoms with van der Waals surface area (Å²) >= 11 is 0. The van der Waals surface area contributed by atoms with Gasteiger partial charge in [0.2, 0.25) is 0 Å². The lowest BCUT2D eigenvalue weighted by Gasteiger charge is -2.02. The Morgan fingerprint density at radius 1 is 1.35 bits per heavy atom. The van der Waals surface area contributed by atoms with E-state index in [4.69, 9.17) is 10.5 Å². The van der Waals surface area contributed by atoms with Gasteiger partial charge in [-0.25, -0.2) is 9.78 Å². The molecule has 0 saturated heterocycles. The highest BCUT2D eigenvalue weighted by atomic mass is 16.5. The van der Waals surface area contributed by atoms with Gasteiger partial charge in [0.25, 0.3) is 0 Å². The van der Waals surface area contributed by atoms with E-state index in [1.165, 1.54) is 6.08 Å². The van der Waals surface area contributed by atoms with Crippen LogP contribution in [0.25, 0.3) is 6.08 Å². The van der Waals surface area contributed by atoms with Crippen molar-refractivity contribution in [2.75, 3.05) is 5.73 Å². The van der Waals surface area contributed by atoms with Crippen molar-refractivity contribution in [3.63, 3.8) is 0 Å². The Morgan fingerprint density at radius 2 is 2.10 bits per heavy atom. The number of nitrogen functional groups attached to an aromatic ring is 1. The minimum atomic E-state index is -0.386. The first-order chi connectivity index (χ1) is 9.65. The van der Waals surface area contributed by atoms with Crippen LogP contribution in [0.3, 0.4) is 0 Å². The highest BCUT2D eigenvalue weighted by Gasteiger charge is 1.99. The molecule has 0 atom stereocenters. The third-order valence-corrected chi connectivity index (χ3v) is 2.78. The normalized spacial score (nSPS) is 10.7. The molecule has 0 aliphatic heterocycles. The van der Waals surface area contributed by atoms with Crippen molar-refractivity contribution in [1.82, 2.24) is 4.98 Å². The molecule has 1 aromatic carbocycles. The lowest BCUT2D eigenvalue weighted by atomic mass is 10.2. The standard InChI is InChI=1S/C16H16N2O2/c1-12-9-14(10-18-16(12)17)7-8-15(19)20-11-13-5-3-2-4-6-13/h2-10H,11H2,1H3,(H2,17,18)/b8-7+. The molecule has 0 aliphatic rings. The summed E-state index contributed by atoms with van der Waals surface area (Å²) in [5.74, 6) is 0.108. The summed E-state index contributed by atoms with van der Waals surface area (Å²) in [5.41, 5.74) is 8.28. The molecule has 0 bridgehead atoms. The van der Waals surface area contributed by atoms with Gasteiger partial charge in [-0.3, -0.25) is 0 Å². The molecule has 1 aromatic heterocycles. The summed E-state index contributed by atoms with van der Waals surface area (Å²) in [6, 6.07) is 11.4. The summed E-state index contributed by atoms with van der Waals surface area (Å²) in [6.45, 7) is 2.14. The number of pyridine rings is 1. The van der Waals surface area contributed by atoms with E-state index < -0.39 is 0 Å².